The van der Waals surface area contributed by atoms with Gasteiger partial charge in [-0.3, -0.25) is 9.59 Å². The monoisotopic (exact) mass is 494 g/mol. The summed E-state index contributed by atoms with van der Waals surface area (Å²) in [5, 5.41) is 23.8. The van der Waals surface area contributed by atoms with Crippen LogP contribution in [0.5, 0.6) is 11.5 Å². The smallest absolute Gasteiger partial charge is 0.336 e. The first-order valence-corrected chi connectivity index (χ1v) is 11.1. The molecule has 0 radical (unpaired) electrons. The number of rotatable bonds is 8. The van der Waals surface area contributed by atoms with Gasteiger partial charge in [-0.15, -0.1) is 11.8 Å². The molecule has 0 aliphatic carbocycles. The molecular formula is C24H18N2O8S. The molecular weight excluding hydrogens is 476 g/mol. The predicted octanol–water partition coefficient (Wildman–Crippen LogP) is 3.79. The molecule has 0 spiro atoms. The number of carboxylic acids is 2. The number of nitrogens with one attached hydrogen (secondary N) is 2. The number of hydrogen-bond donors (Lipinski definition) is 4. The van der Waals surface area contributed by atoms with E-state index in [1.807, 2.05) is 0 Å². The van der Waals surface area contributed by atoms with Crippen LogP contribution in [0.3, 0.4) is 0 Å². The molecule has 0 aromatic heterocycles. The summed E-state index contributed by atoms with van der Waals surface area (Å²) in [6.07, 6.45) is 0. The number of carbonyl (C=O) groups excluding carboxylic acids is 2. The fraction of sp³-hybridized carbons (Fsp3) is 0.0833. The minimum Gasteiger partial charge on any atom is -0.478 e. The number of aromatic carboxylic acids is 2. The molecule has 0 saturated carbocycles. The molecule has 1 aliphatic heterocycles. The number of thioether (sulfide) groups is 1. The fourth-order valence-electron chi connectivity index (χ4n) is 3.21. The maximum atomic E-state index is 12.6. The van der Waals surface area contributed by atoms with E-state index >= 15 is 0 Å². The van der Waals surface area contributed by atoms with Crippen molar-refractivity contribution >= 4 is 46.9 Å². The van der Waals surface area contributed by atoms with Gasteiger partial charge in [0.1, 0.15) is 0 Å². The molecule has 0 atom stereocenters. The quantitative estimate of drug-likeness (QED) is 0.343. The van der Waals surface area contributed by atoms with Gasteiger partial charge in [0.2, 0.25) is 12.7 Å². The van der Waals surface area contributed by atoms with E-state index in [1.165, 1.54) is 11.8 Å². The Labute approximate surface area is 202 Å². The molecule has 4 N–H and O–H groups in total. The number of amides is 2. The first-order chi connectivity index (χ1) is 16.8. The van der Waals surface area contributed by atoms with E-state index in [-0.39, 0.29) is 29.6 Å². The van der Waals surface area contributed by atoms with Gasteiger partial charge in [-0.1, -0.05) is 0 Å². The number of carboxylic acid groups (broad SMARTS) is 2. The van der Waals surface area contributed by atoms with Crippen LogP contribution < -0.4 is 20.1 Å². The zero-order chi connectivity index (χ0) is 24.9. The summed E-state index contributed by atoms with van der Waals surface area (Å²) < 4.78 is 10.5. The highest BCUT2D eigenvalue weighted by molar-refractivity contribution is 8.00. The Balaban J connectivity index is 1.33. The van der Waals surface area contributed by atoms with E-state index in [9.17, 15) is 24.3 Å². The van der Waals surface area contributed by atoms with E-state index < -0.39 is 23.4 Å². The summed E-state index contributed by atoms with van der Waals surface area (Å²) in [7, 11) is 0. The lowest BCUT2D eigenvalue weighted by molar-refractivity contribution is -0.113. The maximum absolute atomic E-state index is 12.6. The molecule has 3 aromatic rings. The van der Waals surface area contributed by atoms with E-state index in [0.29, 0.717) is 22.9 Å². The SMILES string of the molecule is O=C(CSc1ccc(NC(=O)c2ccc(C(=O)O)cc2C(=O)O)cc1)Nc1ccc2c(c1)OCO2. The van der Waals surface area contributed by atoms with Crippen LogP contribution in [0.2, 0.25) is 0 Å². The Hall–Kier alpha value is -4.51. The highest BCUT2D eigenvalue weighted by atomic mass is 32.2. The van der Waals surface area contributed by atoms with Crippen LogP contribution in [-0.2, 0) is 4.79 Å². The van der Waals surface area contributed by atoms with Crippen molar-refractivity contribution in [3.63, 3.8) is 0 Å². The van der Waals surface area contributed by atoms with Crippen molar-refractivity contribution in [1.82, 2.24) is 0 Å². The molecule has 178 valence electrons. The zero-order valence-electron chi connectivity index (χ0n) is 17.9. The predicted molar refractivity (Wildman–Crippen MR) is 127 cm³/mol. The molecule has 1 aliphatic rings. The molecule has 0 unspecified atom stereocenters. The number of hydrogen-bond acceptors (Lipinski definition) is 7. The van der Waals surface area contributed by atoms with Gasteiger partial charge >= 0.3 is 11.9 Å². The average Bonchev–Trinajstić information content (AvgIpc) is 3.31. The summed E-state index contributed by atoms with van der Waals surface area (Å²) in [6, 6.07) is 15.0. The number of fused-ring (bicyclic) bond motifs is 1. The van der Waals surface area contributed by atoms with Gasteiger partial charge in [-0.05, 0) is 54.6 Å². The van der Waals surface area contributed by atoms with E-state index in [0.717, 1.165) is 23.1 Å². The van der Waals surface area contributed by atoms with Crippen molar-refractivity contribution in [3.05, 3.63) is 77.4 Å². The Bertz CT molecular complexity index is 1320. The third kappa shape index (κ3) is 5.71. The topological polar surface area (TPSA) is 151 Å². The maximum Gasteiger partial charge on any atom is 0.336 e. The Morgan fingerprint density at radius 2 is 1.49 bits per heavy atom. The molecule has 0 saturated heterocycles. The van der Waals surface area contributed by atoms with Crippen LogP contribution in [0.15, 0.2) is 65.6 Å². The minimum atomic E-state index is -1.41. The number of ether oxygens (including phenoxy) is 2. The summed E-state index contributed by atoms with van der Waals surface area (Å²) in [5.74, 6) is -2.26. The molecule has 1 heterocycles. The highest BCUT2D eigenvalue weighted by Gasteiger charge is 2.19. The van der Waals surface area contributed by atoms with Crippen LogP contribution in [0.4, 0.5) is 11.4 Å². The third-order valence-corrected chi connectivity index (χ3v) is 5.89. The number of carbonyl (C=O) groups is 4. The zero-order valence-corrected chi connectivity index (χ0v) is 18.8. The first-order valence-electron chi connectivity index (χ1n) is 10.1. The van der Waals surface area contributed by atoms with Crippen molar-refractivity contribution in [2.45, 2.75) is 4.90 Å². The summed E-state index contributed by atoms with van der Waals surface area (Å²) in [6.45, 7) is 0.150. The second-order valence-electron chi connectivity index (χ2n) is 7.25. The molecule has 4 rings (SSSR count). The van der Waals surface area contributed by atoms with Gasteiger partial charge in [-0.25, -0.2) is 9.59 Å². The molecule has 10 nitrogen and oxygen atoms in total. The normalized spacial score (nSPS) is 11.5. The second kappa shape index (κ2) is 10.2. The largest absolute Gasteiger partial charge is 0.478 e. The van der Waals surface area contributed by atoms with Crippen LogP contribution >= 0.6 is 11.8 Å². The average molecular weight is 494 g/mol. The van der Waals surface area contributed by atoms with E-state index in [1.54, 1.807) is 42.5 Å². The van der Waals surface area contributed by atoms with Crippen molar-refractivity contribution < 1.29 is 38.9 Å². The van der Waals surface area contributed by atoms with Gasteiger partial charge in [0, 0.05) is 22.3 Å². The lowest BCUT2D eigenvalue weighted by Crippen LogP contribution is -2.17. The van der Waals surface area contributed by atoms with E-state index in [4.69, 9.17) is 14.6 Å². The van der Waals surface area contributed by atoms with E-state index in [2.05, 4.69) is 10.6 Å². The second-order valence-corrected chi connectivity index (χ2v) is 8.30. The highest BCUT2D eigenvalue weighted by Crippen LogP contribution is 2.34. The van der Waals surface area contributed by atoms with Gasteiger partial charge < -0.3 is 30.3 Å². The molecule has 3 aromatic carbocycles. The molecule has 11 heteroatoms. The molecule has 0 fully saturated rings. The number of benzene rings is 3. The van der Waals surface area contributed by atoms with Gasteiger partial charge in [0.05, 0.1) is 22.4 Å². The Kier molecular flexibility index (Phi) is 6.88. The fourth-order valence-corrected chi connectivity index (χ4v) is 3.90. The first kappa shape index (κ1) is 23.6. The number of anilines is 2. The van der Waals surface area contributed by atoms with Gasteiger partial charge in [-0.2, -0.15) is 0 Å². The van der Waals surface area contributed by atoms with Gasteiger partial charge in [0.25, 0.3) is 5.91 Å². The van der Waals surface area contributed by atoms with Gasteiger partial charge in [0.15, 0.2) is 11.5 Å². The standard InChI is InChI=1S/C24H18N2O8S/c27-21(25-15-4-8-19-20(10-15)34-12-33-19)11-35-16-5-2-14(3-6-16)26-22(28)17-7-1-13(23(29)30)9-18(17)24(31)32/h1-10H,11-12H2,(H,25,27)(H,26,28)(H,29,30)(H,31,32). The molecule has 2 amide bonds. The third-order valence-electron chi connectivity index (χ3n) is 4.88. The lowest BCUT2D eigenvalue weighted by atomic mass is 10.0. The van der Waals surface area contributed by atoms with Crippen LogP contribution in [-0.4, -0.2) is 46.5 Å². The minimum absolute atomic E-state index is 0.150. The van der Waals surface area contributed by atoms with Crippen LogP contribution in [0.25, 0.3) is 0 Å². The van der Waals surface area contributed by atoms with Crippen molar-refractivity contribution in [3.8, 4) is 11.5 Å². The van der Waals surface area contributed by atoms with Crippen molar-refractivity contribution in [1.29, 1.82) is 0 Å². The molecule has 35 heavy (non-hydrogen) atoms. The Morgan fingerprint density at radius 3 is 2.20 bits per heavy atom. The van der Waals surface area contributed by atoms with Crippen molar-refractivity contribution in [2.24, 2.45) is 0 Å². The summed E-state index contributed by atoms with van der Waals surface area (Å²) in [4.78, 5) is 48.2. The molecule has 0 bridgehead atoms. The lowest BCUT2D eigenvalue weighted by Gasteiger charge is -2.10. The van der Waals surface area contributed by atoms with Crippen LogP contribution in [0.1, 0.15) is 31.1 Å². The summed E-state index contributed by atoms with van der Waals surface area (Å²) >= 11 is 1.29. The van der Waals surface area contributed by atoms with Crippen molar-refractivity contribution in [2.75, 3.05) is 23.2 Å². The Morgan fingerprint density at radius 1 is 0.771 bits per heavy atom. The summed E-state index contributed by atoms with van der Waals surface area (Å²) in [5.41, 5.74) is 0.185. The van der Waals surface area contributed by atoms with Crippen LogP contribution in [0, 0.1) is 0 Å².